The van der Waals surface area contributed by atoms with Gasteiger partial charge in [-0.2, -0.15) is 9.97 Å². The molecule has 1 amide bonds. The van der Waals surface area contributed by atoms with Gasteiger partial charge in [0.2, 0.25) is 17.7 Å². The highest BCUT2D eigenvalue weighted by Crippen LogP contribution is 2.18. The van der Waals surface area contributed by atoms with Crippen molar-refractivity contribution >= 4 is 40.6 Å². The van der Waals surface area contributed by atoms with Crippen molar-refractivity contribution in [1.29, 1.82) is 0 Å². The number of aromatic amines is 1. The summed E-state index contributed by atoms with van der Waals surface area (Å²) in [5.41, 5.74) is 1.20. The molecule has 33 heavy (non-hydrogen) atoms. The molecule has 168 valence electrons. The maximum absolute atomic E-state index is 13.2. The van der Waals surface area contributed by atoms with Gasteiger partial charge in [0.25, 0.3) is 11.5 Å². The SMILES string of the molecule is COc1cc(OC)nc(-n2c(=S)[nH]c3cc(C(=O)NCc4cccc(Cl)c4)ccc3c2=O)n1. The molecular formula is C22H18ClN5O4S. The Kier molecular flexibility index (Phi) is 6.38. The van der Waals surface area contributed by atoms with Crippen LogP contribution >= 0.6 is 23.8 Å². The second-order valence-corrected chi connectivity index (χ2v) is 7.72. The van der Waals surface area contributed by atoms with Crippen LogP contribution in [-0.4, -0.2) is 39.6 Å². The highest BCUT2D eigenvalue weighted by Gasteiger charge is 2.15. The third-order valence-electron chi connectivity index (χ3n) is 4.79. The molecule has 0 aliphatic rings. The van der Waals surface area contributed by atoms with Crippen LogP contribution in [0.25, 0.3) is 16.9 Å². The number of aromatic nitrogens is 4. The van der Waals surface area contributed by atoms with Crippen LogP contribution in [0.2, 0.25) is 5.02 Å². The second-order valence-electron chi connectivity index (χ2n) is 6.90. The Morgan fingerprint density at radius 3 is 2.52 bits per heavy atom. The molecule has 0 fully saturated rings. The number of nitrogens with one attached hydrogen (secondary N) is 2. The van der Waals surface area contributed by atoms with E-state index in [1.54, 1.807) is 30.3 Å². The van der Waals surface area contributed by atoms with Crippen LogP contribution in [0, 0.1) is 4.77 Å². The van der Waals surface area contributed by atoms with E-state index in [1.807, 2.05) is 12.1 Å². The van der Waals surface area contributed by atoms with Gasteiger partial charge in [-0.15, -0.1) is 0 Å². The maximum atomic E-state index is 13.2. The lowest BCUT2D eigenvalue weighted by Gasteiger charge is -2.10. The molecule has 0 aliphatic heterocycles. The molecule has 4 rings (SSSR count). The lowest BCUT2D eigenvalue weighted by atomic mass is 10.1. The second kappa shape index (κ2) is 9.39. The molecule has 0 saturated carbocycles. The van der Waals surface area contributed by atoms with E-state index < -0.39 is 5.56 Å². The normalized spacial score (nSPS) is 10.8. The Morgan fingerprint density at radius 1 is 1.12 bits per heavy atom. The molecule has 2 aromatic carbocycles. The molecule has 2 heterocycles. The van der Waals surface area contributed by atoms with Crippen molar-refractivity contribution in [2.45, 2.75) is 6.54 Å². The summed E-state index contributed by atoms with van der Waals surface area (Å²) in [7, 11) is 2.88. The topological polar surface area (TPSA) is 111 Å². The monoisotopic (exact) mass is 483 g/mol. The number of H-pyrrole nitrogens is 1. The first-order valence-corrected chi connectivity index (χ1v) is 10.5. The fraction of sp³-hybridized carbons (Fsp3) is 0.136. The summed E-state index contributed by atoms with van der Waals surface area (Å²) in [6.45, 7) is 0.310. The van der Waals surface area contributed by atoms with E-state index in [0.29, 0.717) is 28.0 Å². The van der Waals surface area contributed by atoms with Crippen molar-refractivity contribution in [3.63, 3.8) is 0 Å². The fourth-order valence-electron chi connectivity index (χ4n) is 3.17. The zero-order valence-corrected chi connectivity index (χ0v) is 19.2. The van der Waals surface area contributed by atoms with Gasteiger partial charge in [0.1, 0.15) is 0 Å². The van der Waals surface area contributed by atoms with Crippen molar-refractivity contribution in [1.82, 2.24) is 24.8 Å². The molecule has 0 atom stereocenters. The quantitative estimate of drug-likeness (QED) is 0.404. The molecule has 4 aromatic rings. The summed E-state index contributed by atoms with van der Waals surface area (Å²) in [6.07, 6.45) is 0. The Balaban J connectivity index is 1.69. The Bertz CT molecular complexity index is 1460. The van der Waals surface area contributed by atoms with Gasteiger partial charge in [0.05, 0.1) is 31.2 Å². The van der Waals surface area contributed by atoms with Crippen LogP contribution in [0.15, 0.2) is 53.3 Å². The Hall–Kier alpha value is -3.76. The minimum absolute atomic E-state index is 0.00249. The zero-order chi connectivity index (χ0) is 23.5. The zero-order valence-electron chi connectivity index (χ0n) is 17.6. The molecule has 0 spiro atoms. The molecule has 0 aliphatic carbocycles. The number of carbonyl (C=O) groups is 1. The van der Waals surface area contributed by atoms with Crippen LogP contribution < -0.4 is 20.3 Å². The number of rotatable bonds is 6. The number of fused-ring (bicyclic) bond motifs is 1. The Morgan fingerprint density at radius 2 is 1.85 bits per heavy atom. The summed E-state index contributed by atoms with van der Waals surface area (Å²) in [6, 6.07) is 13.4. The van der Waals surface area contributed by atoms with Gasteiger partial charge in [0, 0.05) is 17.1 Å². The molecule has 0 saturated heterocycles. The van der Waals surface area contributed by atoms with Gasteiger partial charge in [0.15, 0.2) is 4.77 Å². The number of hydrogen-bond acceptors (Lipinski definition) is 7. The minimum atomic E-state index is -0.449. The number of halogens is 1. The van der Waals surface area contributed by atoms with Gasteiger partial charge in [-0.1, -0.05) is 23.7 Å². The van der Waals surface area contributed by atoms with Crippen molar-refractivity contribution in [3.05, 3.63) is 79.8 Å². The lowest BCUT2D eigenvalue weighted by molar-refractivity contribution is 0.0951. The first-order valence-electron chi connectivity index (χ1n) is 9.69. The highest BCUT2D eigenvalue weighted by atomic mass is 35.5. The predicted molar refractivity (Wildman–Crippen MR) is 126 cm³/mol. The van der Waals surface area contributed by atoms with E-state index in [-0.39, 0.29) is 28.4 Å². The van der Waals surface area contributed by atoms with E-state index in [2.05, 4.69) is 20.3 Å². The summed E-state index contributed by atoms with van der Waals surface area (Å²) >= 11 is 11.4. The number of benzene rings is 2. The molecule has 0 bridgehead atoms. The molecule has 2 aromatic heterocycles. The molecule has 11 heteroatoms. The van der Waals surface area contributed by atoms with Crippen molar-refractivity contribution in [2.75, 3.05) is 14.2 Å². The van der Waals surface area contributed by atoms with Crippen molar-refractivity contribution < 1.29 is 14.3 Å². The molecule has 9 nitrogen and oxygen atoms in total. The molecular weight excluding hydrogens is 466 g/mol. The van der Waals surface area contributed by atoms with Gasteiger partial charge in [-0.05, 0) is 48.1 Å². The predicted octanol–water partition coefficient (Wildman–Crippen LogP) is 3.44. The van der Waals surface area contributed by atoms with E-state index in [0.717, 1.165) is 10.1 Å². The number of carbonyl (C=O) groups excluding carboxylic acids is 1. The average Bonchev–Trinajstić information content (AvgIpc) is 2.82. The standard InChI is InChI=1S/C22H18ClN5O4S/c1-31-17-10-18(32-2)27-21(26-17)28-20(30)15-7-6-13(9-16(15)25-22(28)33)19(29)24-11-12-4-3-5-14(23)8-12/h3-10H,11H2,1-2H3,(H,24,29)(H,25,33). The number of amides is 1. The first kappa shape index (κ1) is 22.4. The van der Waals surface area contributed by atoms with Crippen LogP contribution in [-0.2, 0) is 6.54 Å². The van der Waals surface area contributed by atoms with Crippen LogP contribution in [0.3, 0.4) is 0 Å². The van der Waals surface area contributed by atoms with Gasteiger partial charge < -0.3 is 19.8 Å². The average molecular weight is 484 g/mol. The van der Waals surface area contributed by atoms with Crippen molar-refractivity contribution in [3.8, 4) is 17.7 Å². The summed E-state index contributed by atoms with van der Waals surface area (Å²) < 4.78 is 11.5. The van der Waals surface area contributed by atoms with Crippen LogP contribution in [0.5, 0.6) is 11.8 Å². The number of nitrogens with zero attached hydrogens (tertiary/aromatic N) is 3. The first-order chi connectivity index (χ1) is 15.9. The van der Waals surface area contributed by atoms with Crippen LogP contribution in [0.4, 0.5) is 0 Å². The van der Waals surface area contributed by atoms with Crippen LogP contribution in [0.1, 0.15) is 15.9 Å². The highest BCUT2D eigenvalue weighted by molar-refractivity contribution is 7.71. The van der Waals surface area contributed by atoms with E-state index in [4.69, 9.17) is 33.3 Å². The van der Waals surface area contributed by atoms with Gasteiger partial charge >= 0.3 is 0 Å². The number of ether oxygens (including phenoxy) is 2. The number of hydrogen-bond donors (Lipinski definition) is 2. The largest absolute Gasteiger partial charge is 0.481 e. The minimum Gasteiger partial charge on any atom is -0.481 e. The molecule has 0 radical (unpaired) electrons. The molecule has 2 N–H and O–H groups in total. The van der Waals surface area contributed by atoms with E-state index in [1.165, 1.54) is 20.3 Å². The third-order valence-corrected chi connectivity index (χ3v) is 5.31. The summed E-state index contributed by atoms with van der Waals surface area (Å²) in [5.74, 6) is 0.124. The number of methoxy groups -OCH3 is 2. The molecule has 0 unspecified atom stereocenters. The van der Waals surface area contributed by atoms with E-state index in [9.17, 15) is 9.59 Å². The Labute approximate surface area is 198 Å². The lowest BCUT2D eigenvalue weighted by Crippen LogP contribution is -2.24. The fourth-order valence-corrected chi connectivity index (χ4v) is 3.66. The van der Waals surface area contributed by atoms with Crippen molar-refractivity contribution in [2.24, 2.45) is 0 Å². The summed E-state index contributed by atoms with van der Waals surface area (Å²) in [5, 5.41) is 3.73. The van der Waals surface area contributed by atoms with Gasteiger partial charge in [-0.25, -0.2) is 4.57 Å². The van der Waals surface area contributed by atoms with Gasteiger partial charge in [-0.3, -0.25) is 9.59 Å². The summed E-state index contributed by atoms with van der Waals surface area (Å²) in [4.78, 5) is 37.2. The third kappa shape index (κ3) is 4.71. The van der Waals surface area contributed by atoms with E-state index >= 15 is 0 Å². The maximum Gasteiger partial charge on any atom is 0.269 e. The smallest absolute Gasteiger partial charge is 0.269 e.